The standard InChI is InChI=1S/C13H25NO3/c1-11-7-14(8-12(9-15)17-11)10-13(16)5-3-2-4-6-13/h11-12,15-16H,2-10H2,1H3. The van der Waals surface area contributed by atoms with E-state index in [9.17, 15) is 10.2 Å². The third-order valence-electron chi connectivity index (χ3n) is 3.91. The van der Waals surface area contributed by atoms with Crippen LogP contribution < -0.4 is 0 Å². The molecular formula is C13H25NO3. The number of morpholine rings is 1. The Morgan fingerprint density at radius 2 is 1.94 bits per heavy atom. The summed E-state index contributed by atoms with van der Waals surface area (Å²) in [4.78, 5) is 2.25. The monoisotopic (exact) mass is 243 g/mol. The van der Waals surface area contributed by atoms with E-state index in [-0.39, 0.29) is 18.8 Å². The molecule has 0 aromatic rings. The topological polar surface area (TPSA) is 52.9 Å². The summed E-state index contributed by atoms with van der Waals surface area (Å²) in [5, 5.41) is 19.7. The van der Waals surface area contributed by atoms with Crippen LogP contribution >= 0.6 is 0 Å². The van der Waals surface area contributed by atoms with Gasteiger partial charge in [0.15, 0.2) is 0 Å². The fourth-order valence-electron chi connectivity index (χ4n) is 3.15. The molecule has 0 amide bonds. The zero-order valence-corrected chi connectivity index (χ0v) is 10.8. The first kappa shape index (κ1) is 13.3. The van der Waals surface area contributed by atoms with E-state index in [1.54, 1.807) is 0 Å². The van der Waals surface area contributed by atoms with Crippen LogP contribution in [0.5, 0.6) is 0 Å². The molecular weight excluding hydrogens is 218 g/mol. The highest BCUT2D eigenvalue weighted by atomic mass is 16.5. The maximum Gasteiger partial charge on any atom is 0.0936 e. The summed E-state index contributed by atoms with van der Waals surface area (Å²) < 4.78 is 5.61. The molecule has 4 heteroatoms. The van der Waals surface area contributed by atoms with Gasteiger partial charge in [-0.15, -0.1) is 0 Å². The first-order valence-corrected chi connectivity index (χ1v) is 6.82. The van der Waals surface area contributed by atoms with Gasteiger partial charge in [0.2, 0.25) is 0 Å². The van der Waals surface area contributed by atoms with Crippen molar-refractivity contribution in [1.82, 2.24) is 4.90 Å². The largest absolute Gasteiger partial charge is 0.394 e. The van der Waals surface area contributed by atoms with Gasteiger partial charge in [0.05, 0.1) is 24.4 Å². The molecule has 1 saturated heterocycles. The van der Waals surface area contributed by atoms with Gasteiger partial charge in [-0.1, -0.05) is 19.3 Å². The van der Waals surface area contributed by atoms with Crippen molar-refractivity contribution in [3.8, 4) is 0 Å². The molecule has 0 aromatic heterocycles. The summed E-state index contributed by atoms with van der Waals surface area (Å²) in [6.07, 6.45) is 5.42. The van der Waals surface area contributed by atoms with E-state index >= 15 is 0 Å². The van der Waals surface area contributed by atoms with Crippen LogP contribution in [0.2, 0.25) is 0 Å². The summed E-state index contributed by atoms with van der Waals surface area (Å²) in [6, 6.07) is 0. The molecule has 1 aliphatic heterocycles. The highest BCUT2D eigenvalue weighted by Crippen LogP contribution is 2.29. The third kappa shape index (κ3) is 3.65. The van der Waals surface area contributed by atoms with Gasteiger partial charge in [-0.2, -0.15) is 0 Å². The molecule has 2 atom stereocenters. The van der Waals surface area contributed by atoms with Crippen molar-refractivity contribution in [3.63, 3.8) is 0 Å². The SMILES string of the molecule is CC1CN(CC2(O)CCCCC2)CC(CO)O1. The molecule has 100 valence electrons. The number of hydrogen-bond acceptors (Lipinski definition) is 4. The van der Waals surface area contributed by atoms with Crippen molar-refractivity contribution in [3.05, 3.63) is 0 Å². The minimum Gasteiger partial charge on any atom is -0.394 e. The molecule has 2 fully saturated rings. The highest BCUT2D eigenvalue weighted by molar-refractivity contribution is 4.88. The average molecular weight is 243 g/mol. The lowest BCUT2D eigenvalue weighted by atomic mass is 9.84. The summed E-state index contributed by atoms with van der Waals surface area (Å²) in [5.41, 5.74) is -0.505. The number of β-amino-alcohol motifs (C(OH)–C–C–N with tert-alkyl or cyclic N) is 1. The molecule has 2 aliphatic rings. The van der Waals surface area contributed by atoms with Gasteiger partial charge in [-0.05, 0) is 19.8 Å². The predicted molar refractivity (Wildman–Crippen MR) is 65.9 cm³/mol. The van der Waals surface area contributed by atoms with E-state index in [0.29, 0.717) is 0 Å². The lowest BCUT2D eigenvalue weighted by Crippen LogP contribution is -2.53. The number of aliphatic hydroxyl groups is 2. The van der Waals surface area contributed by atoms with Crippen LogP contribution in [0.25, 0.3) is 0 Å². The Balaban J connectivity index is 1.88. The van der Waals surface area contributed by atoms with Gasteiger partial charge in [-0.25, -0.2) is 0 Å². The molecule has 2 unspecified atom stereocenters. The molecule has 0 aromatic carbocycles. The molecule has 2 N–H and O–H groups in total. The Kier molecular flexibility index (Phi) is 4.42. The van der Waals surface area contributed by atoms with Crippen molar-refractivity contribution in [1.29, 1.82) is 0 Å². The zero-order valence-electron chi connectivity index (χ0n) is 10.8. The molecule has 0 radical (unpaired) electrons. The van der Waals surface area contributed by atoms with Crippen LogP contribution in [0.4, 0.5) is 0 Å². The van der Waals surface area contributed by atoms with E-state index in [4.69, 9.17) is 4.74 Å². The number of nitrogens with zero attached hydrogens (tertiary/aromatic N) is 1. The van der Waals surface area contributed by atoms with E-state index in [0.717, 1.165) is 45.3 Å². The number of ether oxygens (including phenoxy) is 1. The second-order valence-electron chi connectivity index (χ2n) is 5.73. The van der Waals surface area contributed by atoms with Crippen molar-refractivity contribution in [2.45, 2.75) is 56.8 Å². The molecule has 1 heterocycles. The van der Waals surface area contributed by atoms with E-state index in [2.05, 4.69) is 4.90 Å². The van der Waals surface area contributed by atoms with E-state index < -0.39 is 5.60 Å². The normalized spacial score (nSPS) is 34.8. The minimum atomic E-state index is -0.505. The fourth-order valence-corrected chi connectivity index (χ4v) is 3.15. The zero-order chi connectivity index (χ0) is 12.3. The smallest absolute Gasteiger partial charge is 0.0936 e. The predicted octanol–water partition coefficient (Wildman–Crippen LogP) is 0.763. The van der Waals surface area contributed by atoms with Gasteiger partial charge < -0.3 is 14.9 Å². The van der Waals surface area contributed by atoms with Crippen molar-refractivity contribution in [2.75, 3.05) is 26.2 Å². The maximum absolute atomic E-state index is 10.5. The van der Waals surface area contributed by atoms with Crippen molar-refractivity contribution < 1.29 is 14.9 Å². The molecule has 0 bridgehead atoms. The average Bonchev–Trinajstić information content (AvgIpc) is 2.28. The second-order valence-corrected chi connectivity index (χ2v) is 5.73. The van der Waals surface area contributed by atoms with Crippen LogP contribution in [0, 0.1) is 0 Å². The Bertz CT molecular complexity index is 241. The van der Waals surface area contributed by atoms with Gasteiger partial charge in [0.1, 0.15) is 0 Å². The molecule has 1 saturated carbocycles. The lowest BCUT2D eigenvalue weighted by molar-refractivity contribution is -0.117. The Labute approximate surface area is 104 Å². The third-order valence-corrected chi connectivity index (χ3v) is 3.91. The molecule has 0 spiro atoms. The molecule has 1 aliphatic carbocycles. The number of aliphatic hydroxyl groups excluding tert-OH is 1. The Hall–Kier alpha value is -0.160. The number of rotatable bonds is 3. The summed E-state index contributed by atoms with van der Waals surface area (Å²) in [5.74, 6) is 0. The highest BCUT2D eigenvalue weighted by Gasteiger charge is 2.34. The van der Waals surface area contributed by atoms with E-state index in [1.807, 2.05) is 6.92 Å². The second kappa shape index (κ2) is 5.65. The molecule has 17 heavy (non-hydrogen) atoms. The van der Waals surface area contributed by atoms with Gasteiger partial charge in [0.25, 0.3) is 0 Å². The van der Waals surface area contributed by atoms with Gasteiger partial charge in [-0.3, -0.25) is 4.90 Å². The fraction of sp³-hybridized carbons (Fsp3) is 1.00. The first-order chi connectivity index (χ1) is 8.11. The van der Waals surface area contributed by atoms with E-state index in [1.165, 1.54) is 6.42 Å². The molecule has 2 rings (SSSR count). The van der Waals surface area contributed by atoms with Crippen LogP contribution in [0.15, 0.2) is 0 Å². The van der Waals surface area contributed by atoms with Crippen LogP contribution in [0.1, 0.15) is 39.0 Å². The maximum atomic E-state index is 10.5. The van der Waals surface area contributed by atoms with Gasteiger partial charge in [0, 0.05) is 19.6 Å². The summed E-state index contributed by atoms with van der Waals surface area (Å²) in [7, 11) is 0. The quantitative estimate of drug-likeness (QED) is 0.768. The minimum absolute atomic E-state index is 0.0687. The Morgan fingerprint density at radius 3 is 2.59 bits per heavy atom. The number of hydrogen-bond donors (Lipinski definition) is 2. The Morgan fingerprint density at radius 1 is 1.24 bits per heavy atom. The summed E-state index contributed by atoms with van der Waals surface area (Å²) >= 11 is 0. The first-order valence-electron chi connectivity index (χ1n) is 6.82. The summed E-state index contributed by atoms with van der Waals surface area (Å²) in [6.45, 7) is 4.43. The van der Waals surface area contributed by atoms with Crippen LogP contribution in [-0.2, 0) is 4.74 Å². The van der Waals surface area contributed by atoms with Crippen molar-refractivity contribution in [2.24, 2.45) is 0 Å². The van der Waals surface area contributed by atoms with Gasteiger partial charge >= 0.3 is 0 Å². The van der Waals surface area contributed by atoms with Crippen LogP contribution in [-0.4, -0.2) is 59.2 Å². The molecule has 4 nitrogen and oxygen atoms in total. The lowest BCUT2D eigenvalue weighted by Gasteiger charge is -2.42. The van der Waals surface area contributed by atoms with Crippen molar-refractivity contribution >= 4 is 0 Å². The van der Waals surface area contributed by atoms with Crippen LogP contribution in [0.3, 0.4) is 0 Å².